The molecule has 2 amide bonds. The minimum atomic E-state index is -4.10. The number of unbranched alkanes of at least 4 members (excludes halogenated alkanes) is 1. The van der Waals surface area contributed by atoms with Crippen LogP contribution in [0.25, 0.3) is 0 Å². The summed E-state index contributed by atoms with van der Waals surface area (Å²) in [5.74, 6) is -1.13. The van der Waals surface area contributed by atoms with Gasteiger partial charge in [0.25, 0.3) is 15.9 Å². The van der Waals surface area contributed by atoms with Crippen LogP contribution >= 0.6 is 0 Å². The standard InChI is InChI=1S/C25H35N3O4S/c1-6-7-16-26-22-17-19(14-15-25(3,4)5)12-13-20(22)24(30)27-21-10-8-9-11-23(21)33(31,32)28-18(2)29/h8-13,17,26H,6-7,14-16H2,1-5H3,(H,27,30)(H,28,29). The third-order valence-electron chi connectivity index (χ3n) is 5.04. The molecule has 0 heterocycles. The second kappa shape index (κ2) is 11.3. The number of para-hydroxylation sites is 1. The van der Waals surface area contributed by atoms with Crippen molar-refractivity contribution in [1.29, 1.82) is 0 Å². The molecule has 0 radical (unpaired) electrons. The minimum Gasteiger partial charge on any atom is -0.384 e. The van der Waals surface area contributed by atoms with E-state index in [0.29, 0.717) is 5.56 Å². The Morgan fingerprint density at radius 3 is 2.33 bits per heavy atom. The van der Waals surface area contributed by atoms with Crippen LogP contribution in [-0.2, 0) is 21.2 Å². The first-order chi connectivity index (χ1) is 15.4. The van der Waals surface area contributed by atoms with E-state index in [1.807, 2.05) is 16.9 Å². The van der Waals surface area contributed by atoms with Crippen LogP contribution in [-0.4, -0.2) is 26.8 Å². The molecule has 2 aromatic rings. The van der Waals surface area contributed by atoms with Gasteiger partial charge in [0.2, 0.25) is 5.91 Å². The minimum absolute atomic E-state index is 0.104. The van der Waals surface area contributed by atoms with Crippen LogP contribution in [0.5, 0.6) is 0 Å². The molecule has 8 heteroatoms. The molecule has 0 fully saturated rings. The van der Waals surface area contributed by atoms with Crippen LogP contribution in [0.4, 0.5) is 11.4 Å². The Labute approximate surface area is 197 Å². The zero-order valence-electron chi connectivity index (χ0n) is 20.1. The molecule has 0 aromatic heterocycles. The first-order valence-corrected chi connectivity index (χ1v) is 12.7. The van der Waals surface area contributed by atoms with Gasteiger partial charge in [0.15, 0.2) is 0 Å². The summed E-state index contributed by atoms with van der Waals surface area (Å²) >= 11 is 0. The Hall–Kier alpha value is -2.87. The molecule has 0 aliphatic carbocycles. The lowest BCUT2D eigenvalue weighted by molar-refractivity contribution is -0.117. The second-order valence-electron chi connectivity index (χ2n) is 9.33. The van der Waals surface area contributed by atoms with E-state index >= 15 is 0 Å². The summed E-state index contributed by atoms with van der Waals surface area (Å²) in [6.07, 6.45) is 3.89. The monoisotopic (exact) mass is 473 g/mol. The number of hydrogen-bond acceptors (Lipinski definition) is 5. The van der Waals surface area contributed by atoms with Gasteiger partial charge in [-0.05, 0) is 54.5 Å². The molecule has 0 spiro atoms. The molecule has 3 N–H and O–H groups in total. The van der Waals surface area contributed by atoms with E-state index in [2.05, 4.69) is 38.3 Å². The van der Waals surface area contributed by atoms with Crippen LogP contribution < -0.4 is 15.4 Å². The molecule has 7 nitrogen and oxygen atoms in total. The molecular formula is C25H35N3O4S. The molecule has 0 bridgehead atoms. The lowest BCUT2D eigenvalue weighted by Gasteiger charge is -2.19. The maximum Gasteiger partial charge on any atom is 0.266 e. The topological polar surface area (TPSA) is 104 Å². The van der Waals surface area contributed by atoms with E-state index in [1.165, 1.54) is 18.2 Å². The number of carbonyl (C=O) groups is 2. The maximum atomic E-state index is 13.2. The molecule has 0 unspecified atom stereocenters. The van der Waals surface area contributed by atoms with E-state index in [9.17, 15) is 18.0 Å². The number of nitrogens with one attached hydrogen (secondary N) is 3. The fourth-order valence-corrected chi connectivity index (χ4v) is 4.40. The van der Waals surface area contributed by atoms with Crippen molar-refractivity contribution < 1.29 is 18.0 Å². The molecule has 0 aliphatic heterocycles. The Kier molecular flexibility index (Phi) is 9.05. The first kappa shape index (κ1) is 26.4. The number of sulfonamides is 1. The molecule has 33 heavy (non-hydrogen) atoms. The van der Waals surface area contributed by atoms with Crippen LogP contribution in [0.1, 0.15) is 69.8 Å². The second-order valence-corrected chi connectivity index (χ2v) is 11.0. The Morgan fingerprint density at radius 1 is 1.00 bits per heavy atom. The molecule has 180 valence electrons. The normalized spacial score (nSPS) is 11.7. The molecule has 2 rings (SSSR count). The fraction of sp³-hybridized carbons (Fsp3) is 0.440. The summed E-state index contributed by atoms with van der Waals surface area (Å²) < 4.78 is 27.0. The molecule has 0 atom stereocenters. The molecule has 0 saturated heterocycles. The van der Waals surface area contributed by atoms with Crippen LogP contribution in [0.2, 0.25) is 0 Å². The Bertz CT molecular complexity index is 1090. The summed E-state index contributed by atoms with van der Waals surface area (Å²) in [7, 11) is -4.10. The fourth-order valence-electron chi connectivity index (χ4n) is 3.25. The van der Waals surface area contributed by atoms with Crippen molar-refractivity contribution in [3.05, 3.63) is 53.6 Å². The lowest BCUT2D eigenvalue weighted by Crippen LogP contribution is -2.29. The molecule has 0 saturated carbocycles. The number of carbonyl (C=O) groups excluding carboxylic acids is 2. The third-order valence-corrected chi connectivity index (χ3v) is 6.53. The van der Waals surface area contributed by atoms with Crippen molar-refractivity contribution in [1.82, 2.24) is 4.72 Å². The van der Waals surface area contributed by atoms with Crippen LogP contribution in [0, 0.1) is 5.41 Å². The quantitative estimate of drug-likeness (QED) is 0.423. The number of hydrogen-bond donors (Lipinski definition) is 3. The van der Waals surface area contributed by atoms with E-state index in [1.54, 1.807) is 12.1 Å². The highest BCUT2D eigenvalue weighted by Crippen LogP contribution is 2.26. The summed E-state index contributed by atoms with van der Waals surface area (Å²) in [4.78, 5) is 24.3. The highest BCUT2D eigenvalue weighted by molar-refractivity contribution is 7.90. The van der Waals surface area contributed by atoms with Gasteiger partial charge in [-0.25, -0.2) is 13.1 Å². The third kappa shape index (κ3) is 8.20. The van der Waals surface area contributed by atoms with Gasteiger partial charge < -0.3 is 10.6 Å². The molecule has 0 aliphatic rings. The average molecular weight is 474 g/mol. The summed E-state index contributed by atoms with van der Waals surface area (Å²) in [6.45, 7) is 10.5. The number of benzene rings is 2. The van der Waals surface area contributed by atoms with Gasteiger partial charge in [0, 0.05) is 19.2 Å². The van der Waals surface area contributed by atoms with Crippen molar-refractivity contribution in [2.45, 2.75) is 65.2 Å². The average Bonchev–Trinajstić information content (AvgIpc) is 2.71. The lowest BCUT2D eigenvalue weighted by atomic mass is 9.88. The van der Waals surface area contributed by atoms with Crippen LogP contribution in [0.15, 0.2) is 47.4 Å². The van der Waals surface area contributed by atoms with Gasteiger partial charge in [-0.3, -0.25) is 9.59 Å². The van der Waals surface area contributed by atoms with Crippen molar-refractivity contribution in [2.24, 2.45) is 5.41 Å². The van der Waals surface area contributed by atoms with Gasteiger partial charge in [-0.2, -0.15) is 0 Å². The van der Waals surface area contributed by atoms with Gasteiger partial charge in [-0.15, -0.1) is 0 Å². The smallest absolute Gasteiger partial charge is 0.266 e. The summed E-state index contributed by atoms with van der Waals surface area (Å²) in [6, 6.07) is 11.7. The van der Waals surface area contributed by atoms with E-state index in [-0.39, 0.29) is 16.0 Å². The molecular weight excluding hydrogens is 438 g/mol. The largest absolute Gasteiger partial charge is 0.384 e. The number of aryl methyl sites for hydroxylation is 1. The summed E-state index contributed by atoms with van der Waals surface area (Å²) in [5, 5.41) is 6.06. The summed E-state index contributed by atoms with van der Waals surface area (Å²) in [5.41, 5.74) is 2.59. The predicted molar refractivity (Wildman–Crippen MR) is 133 cm³/mol. The van der Waals surface area contributed by atoms with E-state index in [4.69, 9.17) is 0 Å². The predicted octanol–water partition coefficient (Wildman–Crippen LogP) is 4.95. The van der Waals surface area contributed by atoms with Crippen molar-refractivity contribution in [2.75, 3.05) is 17.2 Å². The Balaban J connectivity index is 2.34. The Morgan fingerprint density at radius 2 is 1.70 bits per heavy atom. The number of anilines is 2. The van der Waals surface area contributed by atoms with Gasteiger partial charge in [-0.1, -0.05) is 52.3 Å². The highest BCUT2D eigenvalue weighted by Gasteiger charge is 2.22. The zero-order chi connectivity index (χ0) is 24.6. The van der Waals surface area contributed by atoms with Gasteiger partial charge in [0.05, 0.1) is 11.3 Å². The highest BCUT2D eigenvalue weighted by atomic mass is 32.2. The van der Waals surface area contributed by atoms with Gasteiger partial charge in [0.1, 0.15) is 4.90 Å². The van der Waals surface area contributed by atoms with Crippen molar-refractivity contribution >= 4 is 33.2 Å². The van der Waals surface area contributed by atoms with Crippen molar-refractivity contribution in [3.63, 3.8) is 0 Å². The SMILES string of the molecule is CCCCNc1cc(CCC(C)(C)C)ccc1C(=O)Nc1ccccc1S(=O)(=O)NC(C)=O. The van der Waals surface area contributed by atoms with Crippen LogP contribution in [0.3, 0.4) is 0 Å². The first-order valence-electron chi connectivity index (χ1n) is 11.2. The zero-order valence-corrected chi connectivity index (χ0v) is 20.9. The maximum absolute atomic E-state index is 13.2. The van der Waals surface area contributed by atoms with E-state index in [0.717, 1.165) is 50.4 Å². The van der Waals surface area contributed by atoms with Crippen molar-refractivity contribution in [3.8, 4) is 0 Å². The van der Waals surface area contributed by atoms with Gasteiger partial charge >= 0.3 is 0 Å². The number of amides is 2. The number of rotatable bonds is 10. The van der Waals surface area contributed by atoms with E-state index < -0.39 is 21.8 Å². The molecule has 2 aromatic carbocycles.